The first-order chi connectivity index (χ1) is 15.0. The summed E-state index contributed by atoms with van der Waals surface area (Å²) in [6.07, 6.45) is 1.44. The second-order valence-electron chi connectivity index (χ2n) is 7.41. The molecule has 31 heavy (non-hydrogen) atoms. The Kier molecular flexibility index (Phi) is 6.31. The van der Waals surface area contributed by atoms with Crippen LogP contribution in [0.1, 0.15) is 11.6 Å². The predicted molar refractivity (Wildman–Crippen MR) is 119 cm³/mol. The first-order valence-electron chi connectivity index (χ1n) is 9.98. The summed E-state index contributed by atoms with van der Waals surface area (Å²) in [5.41, 5.74) is 14.5. The molecule has 3 aromatic rings. The van der Waals surface area contributed by atoms with Crippen LogP contribution in [0.25, 0.3) is 11.1 Å². The normalized spacial score (nSPS) is 15.8. The third-order valence-corrected chi connectivity index (χ3v) is 5.89. The second kappa shape index (κ2) is 9.13. The topological polar surface area (TPSA) is 84.3 Å². The van der Waals surface area contributed by atoms with Crippen LogP contribution in [0.5, 0.6) is 0 Å². The highest BCUT2D eigenvalue weighted by Crippen LogP contribution is 2.34. The number of nitrogens with zero attached hydrogens (tertiary/aromatic N) is 4. The van der Waals surface area contributed by atoms with Crippen molar-refractivity contribution in [2.24, 2.45) is 5.73 Å². The Labute approximate surface area is 184 Å². The summed E-state index contributed by atoms with van der Waals surface area (Å²) in [4.78, 5) is 13.0. The number of nitrogens with two attached hydrogens (primary N) is 2. The zero-order valence-electron chi connectivity index (χ0n) is 16.8. The molecule has 0 bridgehead atoms. The molecular weight excluding hydrogens is 422 g/mol. The Morgan fingerprint density at radius 1 is 1.00 bits per heavy atom. The molecule has 6 nitrogen and oxygen atoms in total. The SMILES string of the molecule is NCC(c1ccc(F)c(Cl)c1)N1CCN(c2ncnc(N)c2-c2ccc(F)cc2)CC1. The largest absolute Gasteiger partial charge is 0.383 e. The molecule has 4 rings (SSSR count). The Morgan fingerprint density at radius 3 is 2.35 bits per heavy atom. The van der Waals surface area contributed by atoms with E-state index in [9.17, 15) is 8.78 Å². The molecule has 1 saturated heterocycles. The van der Waals surface area contributed by atoms with E-state index in [1.54, 1.807) is 24.3 Å². The fourth-order valence-electron chi connectivity index (χ4n) is 3.98. The number of halogens is 3. The Bertz CT molecular complexity index is 1050. The van der Waals surface area contributed by atoms with Crippen LogP contribution in [0.2, 0.25) is 5.02 Å². The van der Waals surface area contributed by atoms with Crippen LogP contribution >= 0.6 is 11.6 Å². The van der Waals surface area contributed by atoms with E-state index in [0.29, 0.717) is 36.8 Å². The molecule has 162 valence electrons. The molecule has 2 heterocycles. The van der Waals surface area contributed by atoms with Crippen molar-refractivity contribution in [3.63, 3.8) is 0 Å². The van der Waals surface area contributed by atoms with Gasteiger partial charge in [-0.2, -0.15) is 0 Å². The first-order valence-corrected chi connectivity index (χ1v) is 10.4. The predicted octanol–water partition coefficient (Wildman–Crippen LogP) is 3.48. The molecule has 0 radical (unpaired) electrons. The maximum atomic E-state index is 13.6. The maximum Gasteiger partial charge on any atom is 0.142 e. The highest BCUT2D eigenvalue weighted by atomic mass is 35.5. The van der Waals surface area contributed by atoms with Gasteiger partial charge in [-0.1, -0.05) is 29.8 Å². The van der Waals surface area contributed by atoms with E-state index in [1.165, 1.54) is 24.5 Å². The molecule has 1 atom stereocenters. The summed E-state index contributed by atoms with van der Waals surface area (Å²) in [6.45, 7) is 3.22. The van der Waals surface area contributed by atoms with Crippen molar-refractivity contribution < 1.29 is 8.78 Å². The number of benzene rings is 2. The zero-order valence-corrected chi connectivity index (χ0v) is 17.6. The molecule has 1 aromatic heterocycles. The third-order valence-electron chi connectivity index (χ3n) is 5.60. The molecule has 9 heteroatoms. The lowest BCUT2D eigenvalue weighted by Gasteiger charge is -2.40. The van der Waals surface area contributed by atoms with Gasteiger partial charge >= 0.3 is 0 Å². The van der Waals surface area contributed by atoms with E-state index in [2.05, 4.69) is 19.8 Å². The summed E-state index contributed by atoms with van der Waals surface area (Å²) in [6, 6.07) is 10.8. The van der Waals surface area contributed by atoms with Crippen LogP contribution in [-0.2, 0) is 0 Å². The zero-order chi connectivity index (χ0) is 22.0. The average Bonchev–Trinajstić information content (AvgIpc) is 2.78. The summed E-state index contributed by atoms with van der Waals surface area (Å²) in [7, 11) is 0. The summed E-state index contributed by atoms with van der Waals surface area (Å²) >= 11 is 5.97. The maximum absolute atomic E-state index is 13.6. The van der Waals surface area contributed by atoms with Crippen molar-refractivity contribution in [3.05, 3.63) is 71.0 Å². The number of nitrogen functional groups attached to an aromatic ring is 1. The molecule has 1 fully saturated rings. The molecule has 0 saturated carbocycles. The molecule has 1 aliphatic heterocycles. The standard InChI is InChI=1S/C22H23ClF2N6/c23-17-11-15(3-6-18(17)25)19(12-26)30-7-9-31(10-8-30)22-20(21(27)28-13-29-22)14-1-4-16(24)5-2-14/h1-6,11,13,19H,7-10,12,26H2,(H2,27,28,29). The van der Waals surface area contributed by atoms with Crippen LogP contribution in [0.4, 0.5) is 20.4 Å². The van der Waals surface area contributed by atoms with Gasteiger partial charge in [0.15, 0.2) is 0 Å². The Balaban J connectivity index is 1.54. The average molecular weight is 445 g/mol. The summed E-state index contributed by atoms with van der Waals surface area (Å²) in [5.74, 6) is 0.302. The number of piperazine rings is 1. The van der Waals surface area contributed by atoms with Gasteiger partial charge in [0, 0.05) is 38.8 Å². The van der Waals surface area contributed by atoms with Gasteiger partial charge in [0.25, 0.3) is 0 Å². The van der Waals surface area contributed by atoms with E-state index in [4.69, 9.17) is 23.1 Å². The minimum Gasteiger partial charge on any atom is -0.383 e. The first kappa shape index (κ1) is 21.4. The van der Waals surface area contributed by atoms with Gasteiger partial charge in [-0.15, -0.1) is 0 Å². The van der Waals surface area contributed by atoms with Gasteiger partial charge in [-0.25, -0.2) is 18.7 Å². The molecular formula is C22H23ClF2N6. The van der Waals surface area contributed by atoms with Gasteiger partial charge in [0.05, 0.1) is 10.6 Å². The van der Waals surface area contributed by atoms with Crippen LogP contribution in [-0.4, -0.2) is 47.6 Å². The quantitative estimate of drug-likeness (QED) is 0.626. The van der Waals surface area contributed by atoms with E-state index in [-0.39, 0.29) is 16.9 Å². The van der Waals surface area contributed by atoms with Gasteiger partial charge in [-0.3, -0.25) is 4.90 Å². The third kappa shape index (κ3) is 4.46. The molecule has 2 aromatic carbocycles. The lowest BCUT2D eigenvalue weighted by Crippen LogP contribution is -2.49. The molecule has 1 aliphatic rings. The lowest BCUT2D eigenvalue weighted by atomic mass is 10.0. The lowest BCUT2D eigenvalue weighted by molar-refractivity contribution is 0.190. The second-order valence-corrected chi connectivity index (χ2v) is 7.82. The van der Waals surface area contributed by atoms with E-state index >= 15 is 0 Å². The van der Waals surface area contributed by atoms with Crippen LogP contribution in [0.3, 0.4) is 0 Å². The van der Waals surface area contributed by atoms with Gasteiger partial charge in [-0.05, 0) is 35.4 Å². The smallest absolute Gasteiger partial charge is 0.142 e. The van der Waals surface area contributed by atoms with E-state index in [0.717, 1.165) is 24.2 Å². The highest BCUT2D eigenvalue weighted by molar-refractivity contribution is 6.30. The number of hydrogen-bond donors (Lipinski definition) is 2. The monoisotopic (exact) mass is 444 g/mol. The number of aromatic nitrogens is 2. The molecule has 0 amide bonds. The van der Waals surface area contributed by atoms with Crippen molar-refractivity contribution >= 4 is 23.2 Å². The fourth-order valence-corrected chi connectivity index (χ4v) is 4.17. The summed E-state index contributed by atoms with van der Waals surface area (Å²) < 4.78 is 26.9. The van der Waals surface area contributed by atoms with Crippen molar-refractivity contribution in [1.82, 2.24) is 14.9 Å². The number of hydrogen-bond acceptors (Lipinski definition) is 6. The molecule has 0 aliphatic carbocycles. The molecule has 1 unspecified atom stereocenters. The van der Waals surface area contributed by atoms with Gasteiger partial charge in [0.2, 0.25) is 0 Å². The van der Waals surface area contributed by atoms with Crippen LogP contribution < -0.4 is 16.4 Å². The van der Waals surface area contributed by atoms with Gasteiger partial charge < -0.3 is 16.4 Å². The van der Waals surface area contributed by atoms with E-state index < -0.39 is 5.82 Å². The van der Waals surface area contributed by atoms with Crippen molar-refractivity contribution in [2.45, 2.75) is 6.04 Å². The minimum absolute atomic E-state index is 0.0627. The number of rotatable bonds is 5. The van der Waals surface area contributed by atoms with Crippen molar-refractivity contribution in [1.29, 1.82) is 0 Å². The van der Waals surface area contributed by atoms with Crippen LogP contribution in [0.15, 0.2) is 48.8 Å². The van der Waals surface area contributed by atoms with Gasteiger partial charge in [0.1, 0.15) is 29.6 Å². The Morgan fingerprint density at radius 2 is 1.71 bits per heavy atom. The summed E-state index contributed by atoms with van der Waals surface area (Å²) in [5, 5.41) is 0.0926. The molecule has 0 spiro atoms. The minimum atomic E-state index is -0.444. The molecule has 4 N–H and O–H groups in total. The number of anilines is 2. The van der Waals surface area contributed by atoms with E-state index in [1.807, 2.05) is 0 Å². The van der Waals surface area contributed by atoms with Crippen molar-refractivity contribution in [2.75, 3.05) is 43.4 Å². The fraction of sp³-hybridized carbons (Fsp3) is 0.273. The van der Waals surface area contributed by atoms with Crippen molar-refractivity contribution in [3.8, 4) is 11.1 Å². The van der Waals surface area contributed by atoms with Crippen LogP contribution in [0, 0.1) is 11.6 Å². The Hall–Kier alpha value is -2.81. The highest BCUT2D eigenvalue weighted by Gasteiger charge is 2.27.